The lowest BCUT2D eigenvalue weighted by Crippen LogP contribution is -2.23. The van der Waals surface area contributed by atoms with Crippen LogP contribution in [0.4, 0.5) is 5.69 Å². The molecule has 0 unspecified atom stereocenters. The Hall–Kier alpha value is -3.60. The average Bonchev–Trinajstić information content (AvgIpc) is 2.72. The fourth-order valence-electron chi connectivity index (χ4n) is 2.81. The molecule has 142 valence electrons. The summed E-state index contributed by atoms with van der Waals surface area (Å²) in [7, 11) is 1.57. The normalized spacial score (nSPS) is 10.2. The van der Waals surface area contributed by atoms with Crippen LogP contribution in [-0.2, 0) is 6.54 Å². The Morgan fingerprint density at radius 3 is 2.32 bits per heavy atom. The van der Waals surface area contributed by atoms with Crippen LogP contribution >= 0.6 is 0 Å². The molecule has 0 aliphatic heterocycles. The molecule has 0 aliphatic rings. The maximum absolute atomic E-state index is 12.5. The van der Waals surface area contributed by atoms with Crippen LogP contribution in [0.15, 0.2) is 72.8 Å². The van der Waals surface area contributed by atoms with E-state index in [9.17, 15) is 9.59 Å². The second-order valence-corrected chi connectivity index (χ2v) is 6.44. The fraction of sp³-hybridized carbons (Fsp3) is 0.130. The van der Waals surface area contributed by atoms with Crippen LogP contribution in [0.3, 0.4) is 0 Å². The monoisotopic (exact) mass is 374 g/mol. The summed E-state index contributed by atoms with van der Waals surface area (Å²) >= 11 is 0. The first-order chi connectivity index (χ1) is 13.5. The van der Waals surface area contributed by atoms with Crippen LogP contribution in [0.1, 0.15) is 31.8 Å². The summed E-state index contributed by atoms with van der Waals surface area (Å²) in [5.74, 6) is 0.140. The molecular formula is C23H22N2O3. The van der Waals surface area contributed by atoms with Crippen LogP contribution in [0.2, 0.25) is 0 Å². The molecule has 0 spiro atoms. The van der Waals surface area contributed by atoms with Gasteiger partial charge < -0.3 is 15.4 Å². The molecule has 0 aromatic heterocycles. The quantitative estimate of drug-likeness (QED) is 0.680. The second kappa shape index (κ2) is 8.86. The van der Waals surface area contributed by atoms with Gasteiger partial charge in [-0.15, -0.1) is 0 Å². The summed E-state index contributed by atoms with van der Waals surface area (Å²) in [4.78, 5) is 25.0. The molecule has 0 fully saturated rings. The predicted molar refractivity (Wildman–Crippen MR) is 110 cm³/mol. The largest absolute Gasteiger partial charge is 0.497 e. The number of rotatable bonds is 6. The third-order valence-corrected chi connectivity index (χ3v) is 4.25. The SMILES string of the molecule is COc1cccc(NC(=O)c2cccc(C(=O)NCc3cccc(C)c3)c2)c1. The molecule has 0 bridgehead atoms. The highest BCUT2D eigenvalue weighted by Gasteiger charge is 2.11. The first-order valence-electron chi connectivity index (χ1n) is 8.94. The summed E-state index contributed by atoms with van der Waals surface area (Å²) in [5, 5.41) is 5.70. The summed E-state index contributed by atoms with van der Waals surface area (Å²) in [6.07, 6.45) is 0. The second-order valence-electron chi connectivity index (χ2n) is 6.44. The molecule has 0 radical (unpaired) electrons. The molecular weight excluding hydrogens is 352 g/mol. The zero-order valence-corrected chi connectivity index (χ0v) is 15.9. The van der Waals surface area contributed by atoms with Crippen LogP contribution in [0.25, 0.3) is 0 Å². The number of aryl methyl sites for hydroxylation is 1. The van der Waals surface area contributed by atoms with Crippen molar-refractivity contribution in [2.75, 3.05) is 12.4 Å². The molecule has 28 heavy (non-hydrogen) atoms. The Morgan fingerprint density at radius 1 is 0.857 bits per heavy atom. The van der Waals surface area contributed by atoms with Gasteiger partial charge in [0.1, 0.15) is 5.75 Å². The number of benzene rings is 3. The molecule has 2 amide bonds. The first-order valence-corrected chi connectivity index (χ1v) is 8.94. The van der Waals surface area contributed by atoms with Gasteiger partial charge in [-0.2, -0.15) is 0 Å². The summed E-state index contributed by atoms with van der Waals surface area (Å²) in [5.41, 5.74) is 3.64. The van der Waals surface area contributed by atoms with E-state index >= 15 is 0 Å². The van der Waals surface area contributed by atoms with E-state index in [1.54, 1.807) is 55.6 Å². The lowest BCUT2D eigenvalue weighted by atomic mass is 10.1. The van der Waals surface area contributed by atoms with Crippen molar-refractivity contribution in [3.05, 3.63) is 95.1 Å². The zero-order chi connectivity index (χ0) is 19.9. The Morgan fingerprint density at radius 2 is 1.57 bits per heavy atom. The van der Waals surface area contributed by atoms with Crippen LogP contribution in [0.5, 0.6) is 5.75 Å². The van der Waals surface area contributed by atoms with E-state index in [-0.39, 0.29) is 11.8 Å². The van der Waals surface area contributed by atoms with Gasteiger partial charge in [0.15, 0.2) is 0 Å². The average molecular weight is 374 g/mol. The zero-order valence-electron chi connectivity index (χ0n) is 15.9. The van der Waals surface area contributed by atoms with Gasteiger partial charge in [-0.25, -0.2) is 0 Å². The minimum absolute atomic E-state index is 0.225. The molecule has 5 heteroatoms. The maximum atomic E-state index is 12.5. The Bertz CT molecular complexity index is 998. The summed E-state index contributed by atoms with van der Waals surface area (Å²) < 4.78 is 5.16. The number of hydrogen-bond acceptors (Lipinski definition) is 3. The van der Waals surface area contributed by atoms with E-state index in [2.05, 4.69) is 10.6 Å². The number of nitrogens with one attached hydrogen (secondary N) is 2. The molecule has 0 saturated heterocycles. The Balaban J connectivity index is 1.66. The van der Waals surface area contributed by atoms with E-state index in [1.165, 1.54) is 0 Å². The lowest BCUT2D eigenvalue weighted by molar-refractivity contribution is 0.0951. The van der Waals surface area contributed by atoms with Crippen molar-refractivity contribution in [2.24, 2.45) is 0 Å². The standard InChI is InChI=1S/C23H22N2O3/c1-16-6-3-7-17(12-16)15-24-22(26)18-8-4-9-19(13-18)23(27)25-20-10-5-11-21(14-20)28-2/h3-14H,15H2,1-2H3,(H,24,26)(H,25,27). The minimum Gasteiger partial charge on any atom is -0.497 e. The maximum Gasteiger partial charge on any atom is 0.255 e. The van der Waals surface area contributed by atoms with Crippen molar-refractivity contribution in [1.29, 1.82) is 0 Å². The Labute approximate surface area is 164 Å². The summed E-state index contributed by atoms with van der Waals surface area (Å²) in [6, 6.07) is 21.7. The van der Waals surface area contributed by atoms with Crippen molar-refractivity contribution in [3.8, 4) is 5.75 Å². The number of carbonyl (C=O) groups is 2. The van der Waals surface area contributed by atoms with E-state index < -0.39 is 0 Å². The van der Waals surface area contributed by atoms with Crippen molar-refractivity contribution in [1.82, 2.24) is 5.32 Å². The fourth-order valence-corrected chi connectivity index (χ4v) is 2.81. The molecule has 0 atom stereocenters. The van der Waals surface area contributed by atoms with Gasteiger partial charge in [0.25, 0.3) is 11.8 Å². The predicted octanol–water partition coefficient (Wildman–Crippen LogP) is 4.19. The van der Waals surface area contributed by atoms with Crippen LogP contribution in [0, 0.1) is 6.92 Å². The molecule has 3 aromatic carbocycles. The number of anilines is 1. The van der Waals surface area contributed by atoms with Crippen LogP contribution in [-0.4, -0.2) is 18.9 Å². The molecule has 5 nitrogen and oxygen atoms in total. The van der Waals surface area contributed by atoms with Gasteiger partial charge in [-0.1, -0.05) is 42.0 Å². The topological polar surface area (TPSA) is 67.4 Å². The molecule has 3 rings (SSSR count). The molecule has 0 saturated carbocycles. The number of hydrogen-bond donors (Lipinski definition) is 2. The van der Waals surface area contributed by atoms with Gasteiger partial charge in [0, 0.05) is 29.4 Å². The van der Waals surface area contributed by atoms with Crippen molar-refractivity contribution in [2.45, 2.75) is 13.5 Å². The molecule has 3 aromatic rings. The lowest BCUT2D eigenvalue weighted by Gasteiger charge is -2.09. The van der Waals surface area contributed by atoms with Crippen molar-refractivity contribution in [3.63, 3.8) is 0 Å². The van der Waals surface area contributed by atoms with Crippen molar-refractivity contribution >= 4 is 17.5 Å². The Kier molecular flexibility index (Phi) is 6.07. The highest BCUT2D eigenvalue weighted by molar-refractivity contribution is 6.06. The highest BCUT2D eigenvalue weighted by atomic mass is 16.5. The number of amides is 2. The van der Waals surface area contributed by atoms with Gasteiger partial charge in [0.2, 0.25) is 0 Å². The molecule has 0 heterocycles. The molecule has 0 aliphatic carbocycles. The van der Waals surface area contributed by atoms with Crippen molar-refractivity contribution < 1.29 is 14.3 Å². The third kappa shape index (κ3) is 4.98. The highest BCUT2D eigenvalue weighted by Crippen LogP contribution is 2.18. The van der Waals surface area contributed by atoms with Gasteiger partial charge in [-0.05, 0) is 42.8 Å². The van der Waals surface area contributed by atoms with E-state index in [1.807, 2.05) is 31.2 Å². The number of carbonyl (C=O) groups excluding carboxylic acids is 2. The van der Waals surface area contributed by atoms with Gasteiger partial charge in [0.05, 0.1) is 7.11 Å². The number of ether oxygens (including phenoxy) is 1. The van der Waals surface area contributed by atoms with Gasteiger partial charge in [-0.3, -0.25) is 9.59 Å². The van der Waals surface area contributed by atoms with Crippen LogP contribution < -0.4 is 15.4 Å². The van der Waals surface area contributed by atoms with E-state index in [0.717, 1.165) is 11.1 Å². The third-order valence-electron chi connectivity index (χ3n) is 4.25. The summed E-state index contributed by atoms with van der Waals surface area (Å²) in [6.45, 7) is 2.44. The van der Waals surface area contributed by atoms with E-state index in [0.29, 0.717) is 29.1 Å². The minimum atomic E-state index is -0.290. The first kappa shape index (κ1) is 19.2. The van der Waals surface area contributed by atoms with E-state index in [4.69, 9.17) is 4.74 Å². The smallest absolute Gasteiger partial charge is 0.255 e. The van der Waals surface area contributed by atoms with Gasteiger partial charge >= 0.3 is 0 Å². The number of methoxy groups -OCH3 is 1. The molecule has 2 N–H and O–H groups in total.